The fourth-order valence-electron chi connectivity index (χ4n) is 2.75. The zero-order valence-electron chi connectivity index (χ0n) is 15.0. The number of amides is 2. The molecule has 1 unspecified atom stereocenters. The molecule has 1 atom stereocenters. The normalized spacial score (nSPS) is 16.1. The molecule has 27 heavy (non-hydrogen) atoms. The maximum Gasteiger partial charge on any atom is 0.293 e. The Kier molecular flexibility index (Phi) is 5.30. The monoisotopic (exact) mass is 365 g/mol. The number of Topliss-reactive ketones (excluding diaryl/α,β-unsaturated/α-hetero) is 1. The molecule has 0 spiro atoms. The van der Waals surface area contributed by atoms with Crippen LogP contribution in [0.1, 0.15) is 13.8 Å². The summed E-state index contributed by atoms with van der Waals surface area (Å²) in [7, 11) is 0. The van der Waals surface area contributed by atoms with Crippen molar-refractivity contribution >= 4 is 34.7 Å². The Labute approximate surface area is 156 Å². The number of hydrogen-bond acceptors (Lipinski definition) is 5. The lowest BCUT2D eigenvalue weighted by molar-refractivity contribution is -0.138. The summed E-state index contributed by atoms with van der Waals surface area (Å²) in [6.45, 7) is 3.97. The standard InChI is InChI=1S/C20H19N3O4/c1-3-27-16-11-9-14(10-12-16)21-19(25)18(24)17-13(2)22-23(20(17)26)15-7-5-4-6-8-15/h4-12,17H,3H2,1-2H3,(H,21,25). The number of nitrogens with zero attached hydrogens (tertiary/aromatic N) is 2. The largest absolute Gasteiger partial charge is 0.494 e. The summed E-state index contributed by atoms with van der Waals surface area (Å²) in [4.78, 5) is 37.5. The van der Waals surface area contributed by atoms with Crippen molar-refractivity contribution < 1.29 is 19.1 Å². The predicted molar refractivity (Wildman–Crippen MR) is 102 cm³/mol. The van der Waals surface area contributed by atoms with Crippen LogP contribution in [0.3, 0.4) is 0 Å². The fourth-order valence-corrected chi connectivity index (χ4v) is 2.75. The number of ketones is 1. The molecule has 0 aliphatic carbocycles. The van der Waals surface area contributed by atoms with Gasteiger partial charge in [0.1, 0.15) is 11.7 Å². The summed E-state index contributed by atoms with van der Waals surface area (Å²) in [6, 6.07) is 15.4. The van der Waals surface area contributed by atoms with Crippen LogP contribution in [0.5, 0.6) is 5.75 Å². The van der Waals surface area contributed by atoms with Crippen LogP contribution in [0.4, 0.5) is 11.4 Å². The number of rotatable bonds is 6. The van der Waals surface area contributed by atoms with Gasteiger partial charge < -0.3 is 10.1 Å². The first-order chi connectivity index (χ1) is 13.0. The van der Waals surface area contributed by atoms with Gasteiger partial charge in [0.15, 0.2) is 0 Å². The second-order valence-electron chi connectivity index (χ2n) is 5.94. The minimum absolute atomic E-state index is 0.288. The molecule has 7 heteroatoms. The van der Waals surface area contributed by atoms with Crippen LogP contribution in [0, 0.1) is 5.92 Å². The molecule has 0 radical (unpaired) electrons. The fraction of sp³-hybridized carbons (Fsp3) is 0.200. The number of carbonyl (C=O) groups is 3. The minimum Gasteiger partial charge on any atom is -0.494 e. The van der Waals surface area contributed by atoms with E-state index in [9.17, 15) is 14.4 Å². The molecule has 1 N–H and O–H groups in total. The third-order valence-electron chi connectivity index (χ3n) is 4.04. The number of carbonyl (C=O) groups excluding carboxylic acids is 3. The highest BCUT2D eigenvalue weighted by atomic mass is 16.5. The van der Waals surface area contributed by atoms with E-state index in [-0.39, 0.29) is 5.71 Å². The highest BCUT2D eigenvalue weighted by Crippen LogP contribution is 2.24. The van der Waals surface area contributed by atoms with Crippen molar-refractivity contribution in [3.63, 3.8) is 0 Å². The third kappa shape index (κ3) is 3.87. The predicted octanol–water partition coefficient (Wildman–Crippen LogP) is 2.63. The maximum atomic E-state index is 12.6. The Balaban J connectivity index is 1.70. The molecule has 0 bridgehead atoms. The second-order valence-corrected chi connectivity index (χ2v) is 5.94. The highest BCUT2D eigenvalue weighted by molar-refractivity contribution is 6.50. The Hall–Kier alpha value is -3.48. The van der Waals surface area contributed by atoms with Gasteiger partial charge in [-0.3, -0.25) is 14.4 Å². The van der Waals surface area contributed by atoms with Crippen molar-refractivity contribution in [2.75, 3.05) is 16.9 Å². The second kappa shape index (κ2) is 7.82. The molecule has 0 saturated carbocycles. The number of para-hydroxylation sites is 1. The number of nitrogens with one attached hydrogen (secondary N) is 1. The van der Waals surface area contributed by atoms with E-state index >= 15 is 0 Å². The summed E-state index contributed by atoms with van der Waals surface area (Å²) in [5.41, 5.74) is 1.27. The van der Waals surface area contributed by atoms with Gasteiger partial charge in [-0.05, 0) is 50.2 Å². The zero-order valence-corrected chi connectivity index (χ0v) is 15.0. The number of benzene rings is 2. The SMILES string of the molecule is CCOc1ccc(NC(=O)C(=O)C2C(=O)N(c3ccccc3)N=C2C)cc1. The van der Waals surface area contributed by atoms with Crippen molar-refractivity contribution in [3.8, 4) is 5.75 Å². The van der Waals surface area contributed by atoms with Crippen LogP contribution < -0.4 is 15.1 Å². The molecule has 2 amide bonds. The van der Waals surface area contributed by atoms with E-state index in [1.807, 2.05) is 13.0 Å². The molecule has 2 aromatic carbocycles. The van der Waals surface area contributed by atoms with E-state index in [0.717, 1.165) is 5.01 Å². The van der Waals surface area contributed by atoms with Crippen molar-refractivity contribution in [3.05, 3.63) is 54.6 Å². The van der Waals surface area contributed by atoms with E-state index in [1.54, 1.807) is 55.5 Å². The summed E-state index contributed by atoms with van der Waals surface area (Å²) in [5, 5.41) is 7.82. The van der Waals surface area contributed by atoms with Gasteiger partial charge in [0.2, 0.25) is 5.78 Å². The summed E-state index contributed by atoms with van der Waals surface area (Å²) in [5.74, 6) is -2.79. The summed E-state index contributed by atoms with van der Waals surface area (Å²) in [6.07, 6.45) is 0. The van der Waals surface area contributed by atoms with Gasteiger partial charge in [-0.1, -0.05) is 18.2 Å². The molecule has 3 rings (SSSR count). The quantitative estimate of drug-likeness (QED) is 0.630. The Morgan fingerprint density at radius 3 is 2.41 bits per heavy atom. The zero-order chi connectivity index (χ0) is 19.4. The number of ether oxygens (including phenoxy) is 1. The van der Waals surface area contributed by atoms with E-state index < -0.39 is 23.5 Å². The molecule has 0 aromatic heterocycles. The topological polar surface area (TPSA) is 88.1 Å². The molecule has 138 valence electrons. The minimum atomic E-state index is -1.21. The van der Waals surface area contributed by atoms with Crippen LogP contribution in [-0.4, -0.2) is 29.9 Å². The molecule has 7 nitrogen and oxygen atoms in total. The molecular weight excluding hydrogens is 346 g/mol. The van der Waals surface area contributed by atoms with E-state index in [2.05, 4.69) is 10.4 Å². The van der Waals surface area contributed by atoms with Crippen molar-refractivity contribution in [2.24, 2.45) is 11.0 Å². The van der Waals surface area contributed by atoms with E-state index in [1.165, 1.54) is 0 Å². The summed E-state index contributed by atoms with van der Waals surface area (Å²) >= 11 is 0. The lowest BCUT2D eigenvalue weighted by Crippen LogP contribution is -2.38. The van der Waals surface area contributed by atoms with Gasteiger partial charge in [-0.15, -0.1) is 0 Å². The maximum absolute atomic E-state index is 12.6. The Morgan fingerprint density at radius 2 is 1.78 bits per heavy atom. The molecule has 0 saturated heterocycles. The van der Waals surface area contributed by atoms with Crippen LogP contribution >= 0.6 is 0 Å². The Bertz CT molecular complexity index is 891. The van der Waals surface area contributed by atoms with Crippen LogP contribution in [0.25, 0.3) is 0 Å². The molecule has 1 aliphatic heterocycles. The third-order valence-corrected chi connectivity index (χ3v) is 4.04. The van der Waals surface area contributed by atoms with Gasteiger partial charge in [-0.2, -0.15) is 10.1 Å². The van der Waals surface area contributed by atoms with Crippen molar-refractivity contribution in [2.45, 2.75) is 13.8 Å². The average molecular weight is 365 g/mol. The van der Waals surface area contributed by atoms with Crippen LogP contribution in [0.15, 0.2) is 59.7 Å². The number of anilines is 2. The highest BCUT2D eigenvalue weighted by Gasteiger charge is 2.42. The van der Waals surface area contributed by atoms with Gasteiger partial charge >= 0.3 is 0 Å². The van der Waals surface area contributed by atoms with Crippen molar-refractivity contribution in [1.29, 1.82) is 0 Å². The smallest absolute Gasteiger partial charge is 0.293 e. The van der Waals surface area contributed by atoms with E-state index in [4.69, 9.17) is 4.74 Å². The lowest BCUT2D eigenvalue weighted by atomic mass is 9.98. The molecular formula is C20H19N3O4. The molecule has 1 heterocycles. The van der Waals surface area contributed by atoms with Gasteiger partial charge in [0.25, 0.3) is 11.8 Å². The molecule has 0 fully saturated rings. The van der Waals surface area contributed by atoms with Crippen molar-refractivity contribution in [1.82, 2.24) is 0 Å². The van der Waals surface area contributed by atoms with Gasteiger partial charge in [-0.25, -0.2) is 0 Å². The van der Waals surface area contributed by atoms with Gasteiger partial charge in [0.05, 0.1) is 18.0 Å². The number of hydrogen-bond donors (Lipinski definition) is 1. The Morgan fingerprint density at radius 1 is 1.11 bits per heavy atom. The molecule has 2 aromatic rings. The lowest BCUT2D eigenvalue weighted by Gasteiger charge is -2.13. The average Bonchev–Trinajstić information content (AvgIpc) is 2.98. The van der Waals surface area contributed by atoms with Crippen LogP contribution in [0.2, 0.25) is 0 Å². The van der Waals surface area contributed by atoms with Gasteiger partial charge in [0, 0.05) is 5.69 Å². The first-order valence-corrected chi connectivity index (χ1v) is 8.53. The first-order valence-electron chi connectivity index (χ1n) is 8.53. The first kappa shape index (κ1) is 18.3. The van der Waals surface area contributed by atoms with Crippen LogP contribution in [-0.2, 0) is 14.4 Å². The summed E-state index contributed by atoms with van der Waals surface area (Å²) < 4.78 is 5.33. The van der Waals surface area contributed by atoms with E-state index in [0.29, 0.717) is 23.7 Å². The molecule has 1 aliphatic rings. The number of hydrazone groups is 1.